The van der Waals surface area contributed by atoms with E-state index in [9.17, 15) is 81.6 Å². The molecule has 0 radical (unpaired) electrons. The Kier molecular flexibility index (Phi) is 31.3. The van der Waals surface area contributed by atoms with Crippen LogP contribution in [-0.2, 0) is 163 Å². The molecule has 0 unspecified atom stereocenters. The summed E-state index contributed by atoms with van der Waals surface area (Å²) in [5.41, 5.74) is 26.0. The second kappa shape index (κ2) is 44.5. The summed E-state index contributed by atoms with van der Waals surface area (Å²) < 4.78 is 115. The Balaban J connectivity index is 0.000000134. The Morgan fingerprint density at radius 3 is 0.959 bits per heavy atom. The van der Waals surface area contributed by atoms with Crippen LogP contribution in [0.4, 0.5) is 41.9 Å². The zero-order chi connectivity index (χ0) is 104. The number of aryl methyl sites for hydroxylation is 15. The lowest BCUT2D eigenvalue weighted by molar-refractivity contribution is 0.0848. The van der Waals surface area contributed by atoms with Crippen molar-refractivity contribution in [2.45, 2.75) is 266 Å². The van der Waals surface area contributed by atoms with E-state index in [0.29, 0.717) is 54.3 Å². The van der Waals surface area contributed by atoms with E-state index in [1.165, 1.54) is 116 Å². The molecule has 42 nitrogen and oxygen atoms in total. The highest BCUT2D eigenvalue weighted by Crippen LogP contribution is 2.44. The number of urea groups is 4. The first-order valence-corrected chi connectivity index (χ1v) is 54.9. The number of nitrogens with one attached hydrogen (secondary N) is 8. The highest BCUT2D eigenvalue weighted by Gasteiger charge is 2.35. The topological polar surface area (TPSA) is 578 Å². The minimum Gasteiger partial charge on any atom is -0.307 e. The van der Waals surface area contributed by atoms with Crippen molar-refractivity contribution < 1.29 is 81.6 Å². The van der Waals surface area contributed by atoms with Crippen LogP contribution in [0.2, 0.25) is 0 Å². The summed E-state index contributed by atoms with van der Waals surface area (Å²) >= 11 is 0. The average molecular weight is 2080 g/mol. The van der Waals surface area contributed by atoms with Gasteiger partial charge in [-0.15, -0.1) is 0 Å². The van der Waals surface area contributed by atoms with E-state index in [1.807, 2.05) is 9.44 Å². The molecule has 8 aliphatic rings. The molecule has 0 bridgehead atoms. The standard InChI is InChI=1S/C26H30N6O4S.2C25H26N6O5S.C25H28N6O4S/c1-16-14-28-22(15-27-16)23(33)11-5-8-19-13-24(30-32(19)2)37(35,36)31-26(34)29-25-20-9-3-6-17(20)12-18-7-4-10-21(18)25;1-15-11-27-21(13-26-15)22(32)8-9-23(33)31-14-18(12-28-31)37(35,36)30-25(34)29-24-19-6-2-4-16(19)10-17-5-3-7-20(17)24;1-15-13-27-20(14-26-15)21(32)8-9-23(33)31-11-10-22(29-31)37(35,36)30-25(34)28-24-18-6-2-4-16(18)12-17-5-3-7-19(17)24;1-16-14-27-21(15-26-16)22(32)9-4-11-31-12-10-23(29-31)36(34,35)30-25(33)28-24-19-7-2-5-17(19)13-18-6-3-8-20(18)24/h12-15H,3-11H2,1-2H3,(H2,29,31,34);10-14H,2-9H2,1H3,(H2,29,30,34);10-14H,2-9H2,1H3,(H2,28,30,34);10,12-15H,2-9,11H2,1H3,(H2,28,30,33). The number of amides is 8. The first-order chi connectivity index (χ1) is 70.4. The molecule has 46 heteroatoms. The van der Waals surface area contributed by atoms with Crippen molar-refractivity contribution in [3.63, 3.8) is 0 Å². The molecule has 0 fully saturated rings. The van der Waals surface area contributed by atoms with Crippen LogP contribution in [0.25, 0.3) is 0 Å². The van der Waals surface area contributed by atoms with E-state index >= 15 is 0 Å². The first kappa shape index (κ1) is 103. The van der Waals surface area contributed by atoms with Crippen molar-refractivity contribution >= 4 is 122 Å². The fourth-order valence-electron chi connectivity index (χ4n) is 19.9. The van der Waals surface area contributed by atoms with Crippen molar-refractivity contribution in [2.24, 2.45) is 7.05 Å². The monoisotopic (exact) mass is 2070 g/mol. The number of hydrogen-bond donors (Lipinski definition) is 8. The number of nitrogens with zero attached hydrogens (tertiary/aromatic N) is 16. The summed E-state index contributed by atoms with van der Waals surface area (Å²) in [5, 5.41) is 26.1. The largest absolute Gasteiger partial charge is 0.333 e. The smallest absolute Gasteiger partial charge is 0.307 e. The number of fused-ring (bicyclic) bond motifs is 8. The number of hydrogen-bond acceptors (Lipinski definition) is 30. The van der Waals surface area contributed by atoms with E-state index in [-0.39, 0.29) is 88.0 Å². The average Bonchev–Trinajstić information content (AvgIpc) is 1.64. The lowest BCUT2D eigenvalue weighted by Gasteiger charge is -2.16. The molecule has 12 aromatic rings. The van der Waals surface area contributed by atoms with Gasteiger partial charge in [-0.05, 0) is 302 Å². The van der Waals surface area contributed by atoms with Gasteiger partial charge < -0.3 is 21.3 Å². The van der Waals surface area contributed by atoms with E-state index in [2.05, 4.69) is 115 Å². The zero-order valence-electron chi connectivity index (χ0n) is 81.6. The van der Waals surface area contributed by atoms with Gasteiger partial charge in [-0.2, -0.15) is 45.6 Å². The van der Waals surface area contributed by atoms with E-state index in [1.54, 1.807) is 47.1 Å². The number of aromatic nitrogens is 16. The highest BCUT2D eigenvalue weighted by atomic mass is 32.2. The van der Waals surface area contributed by atoms with Gasteiger partial charge in [0.1, 0.15) is 27.7 Å². The van der Waals surface area contributed by atoms with Gasteiger partial charge in [0.2, 0.25) is 11.8 Å². The molecule has 4 aromatic carbocycles. The third-order valence-electron chi connectivity index (χ3n) is 27.1. The van der Waals surface area contributed by atoms with E-state index < -0.39 is 81.1 Å². The summed E-state index contributed by atoms with van der Waals surface area (Å²) in [6.45, 7) is 7.42. The van der Waals surface area contributed by atoms with Crippen LogP contribution in [0.3, 0.4) is 0 Å². The Labute approximate surface area is 847 Å². The number of carbonyl (C=O) groups excluding carboxylic acids is 10. The maximum absolute atomic E-state index is 12.9. The predicted molar refractivity (Wildman–Crippen MR) is 536 cm³/mol. The van der Waals surface area contributed by atoms with Crippen LogP contribution >= 0.6 is 0 Å². The molecular weight excluding hydrogens is 1970 g/mol. The molecule has 0 saturated heterocycles. The number of rotatable bonds is 30. The number of Topliss-reactive ketones (excluding diaryl/α,β-unsaturated/α-hetero) is 4. The normalized spacial score (nSPS) is 14.3. The molecule has 8 heterocycles. The van der Waals surface area contributed by atoms with Crippen molar-refractivity contribution in [1.29, 1.82) is 0 Å². The van der Waals surface area contributed by atoms with E-state index in [4.69, 9.17) is 0 Å². The molecule has 0 atom stereocenters. The van der Waals surface area contributed by atoms with Crippen molar-refractivity contribution in [2.75, 3.05) is 21.3 Å². The van der Waals surface area contributed by atoms with Crippen LogP contribution in [0.1, 0.15) is 272 Å². The van der Waals surface area contributed by atoms with Crippen LogP contribution in [0.5, 0.6) is 0 Å². The predicted octanol–water partition coefficient (Wildman–Crippen LogP) is 11.9. The van der Waals surface area contributed by atoms with Gasteiger partial charge in [-0.3, -0.25) is 58.1 Å². The minimum atomic E-state index is -4.33. The van der Waals surface area contributed by atoms with Crippen molar-refractivity contribution in [3.8, 4) is 0 Å². The zero-order valence-corrected chi connectivity index (χ0v) is 84.9. The molecule has 0 spiro atoms. The third-order valence-corrected chi connectivity index (χ3v) is 32.1. The Morgan fingerprint density at radius 1 is 0.313 bits per heavy atom. The van der Waals surface area contributed by atoms with Gasteiger partial charge in [0.05, 0.1) is 60.0 Å². The first-order valence-electron chi connectivity index (χ1n) is 48.9. The fourth-order valence-corrected chi connectivity index (χ4v) is 23.4. The molecular formula is C101H110N24O18S4. The Hall–Kier alpha value is -15.1. The number of benzene rings is 4. The fraction of sp³-hybridized carbons (Fsp3) is 0.386. The summed E-state index contributed by atoms with van der Waals surface area (Å²) in [5.74, 6) is -2.14. The second-order valence-electron chi connectivity index (χ2n) is 37.5. The molecule has 20 rings (SSSR count). The molecule has 8 aromatic heterocycles. The van der Waals surface area contributed by atoms with E-state index in [0.717, 1.165) is 261 Å². The summed E-state index contributed by atoms with van der Waals surface area (Å²) in [7, 11) is -15.3. The number of anilines is 4. The Morgan fingerprint density at radius 2 is 0.619 bits per heavy atom. The quantitative estimate of drug-likeness (QED) is 0.0194. The Bertz CT molecular complexity index is 7380. The molecule has 8 amide bonds. The van der Waals surface area contributed by atoms with Gasteiger partial charge in [-0.25, -0.2) is 75.8 Å². The minimum absolute atomic E-state index is 0.125. The highest BCUT2D eigenvalue weighted by molar-refractivity contribution is 7.91. The SMILES string of the molecule is Cc1cnc(C(=O)CCC(=O)n2cc(S(=O)(=O)NC(=O)Nc3c4c(cc5c3CCC5)CCC4)cn2)cn1.Cc1cnc(C(=O)CCC(=O)n2ccc(S(=O)(=O)NC(=O)Nc3c4c(cc5c3CCC5)CCC4)n2)cn1.Cc1cnc(C(=O)CCCc2cc(S(=O)(=O)NC(=O)Nc3c4c(cc5c3CCC5)CCC4)nn2C)cn1.Cc1cnc(C(=O)CCCn2ccc(S(=O)(=O)NC(=O)Nc3c4c(cc5c3CCC5)CCC4)n2)cn1. The molecule has 0 aliphatic heterocycles. The molecule has 8 aliphatic carbocycles. The van der Waals surface area contributed by atoms with Crippen LogP contribution < -0.4 is 40.2 Å². The summed E-state index contributed by atoms with van der Waals surface area (Å²) in [6, 6.07) is 9.52. The maximum Gasteiger partial charge on any atom is 0.333 e. The number of ketones is 4. The summed E-state index contributed by atoms with van der Waals surface area (Å²) in [4.78, 5) is 157. The number of sulfonamides is 4. The van der Waals surface area contributed by atoms with Gasteiger partial charge in [-0.1, -0.05) is 24.3 Å². The lowest BCUT2D eigenvalue weighted by atomic mass is 9.99. The maximum atomic E-state index is 12.9. The number of carbonyl (C=O) groups is 10. The van der Waals surface area contributed by atoms with Crippen LogP contribution in [0, 0.1) is 27.7 Å². The third kappa shape index (κ3) is 24.5. The van der Waals surface area contributed by atoms with Crippen LogP contribution in [-0.4, -0.2) is 172 Å². The van der Waals surface area contributed by atoms with Gasteiger partial charge in [0.25, 0.3) is 40.1 Å². The van der Waals surface area contributed by atoms with Gasteiger partial charge in [0.15, 0.2) is 38.2 Å². The van der Waals surface area contributed by atoms with Crippen LogP contribution in [0.15, 0.2) is 137 Å². The van der Waals surface area contributed by atoms with Gasteiger partial charge >= 0.3 is 24.1 Å². The molecule has 766 valence electrons. The molecule has 147 heavy (non-hydrogen) atoms. The molecule has 0 saturated carbocycles. The second-order valence-corrected chi connectivity index (χ2v) is 44.1. The van der Waals surface area contributed by atoms with Gasteiger partial charge in [0, 0.05) is 124 Å². The lowest BCUT2D eigenvalue weighted by Crippen LogP contribution is -2.35. The van der Waals surface area contributed by atoms with Crippen molar-refractivity contribution in [1.82, 2.24) is 97.9 Å². The summed E-state index contributed by atoms with van der Waals surface area (Å²) in [6.07, 6.45) is 40.3. The van der Waals surface area contributed by atoms with Crippen molar-refractivity contribution in [3.05, 3.63) is 257 Å². The molecule has 8 N–H and O–H groups in total.